The van der Waals surface area contributed by atoms with Gasteiger partial charge in [0.25, 0.3) is 0 Å². The third kappa shape index (κ3) is 2.84. The fourth-order valence-corrected chi connectivity index (χ4v) is 3.78. The molecule has 0 radical (unpaired) electrons. The van der Waals surface area contributed by atoms with Gasteiger partial charge in [-0.15, -0.1) is 0 Å². The van der Waals surface area contributed by atoms with E-state index in [4.69, 9.17) is 4.42 Å². The van der Waals surface area contributed by atoms with E-state index in [1.807, 2.05) is 19.2 Å². The lowest BCUT2D eigenvalue weighted by Crippen LogP contribution is -2.30. The fraction of sp³-hybridized carbons (Fsp3) is 0.556. The molecule has 1 heterocycles. The van der Waals surface area contributed by atoms with Crippen LogP contribution in [0.2, 0.25) is 0 Å². The maximum Gasteiger partial charge on any atom is 0.169 e. The number of para-hydroxylation sites is 1. The van der Waals surface area contributed by atoms with Crippen LogP contribution in [0.5, 0.6) is 0 Å². The summed E-state index contributed by atoms with van der Waals surface area (Å²) >= 11 is 0. The summed E-state index contributed by atoms with van der Waals surface area (Å²) in [6, 6.07) is 7.19. The summed E-state index contributed by atoms with van der Waals surface area (Å²) in [5, 5.41) is 4.18. The van der Waals surface area contributed by atoms with E-state index in [9.17, 15) is 4.39 Å². The maximum absolute atomic E-state index is 13.8. The van der Waals surface area contributed by atoms with Crippen LogP contribution in [0.1, 0.15) is 44.3 Å². The van der Waals surface area contributed by atoms with Crippen molar-refractivity contribution in [2.75, 3.05) is 13.6 Å². The Morgan fingerprint density at radius 2 is 2.19 bits per heavy atom. The Hall–Kier alpha value is -1.35. The summed E-state index contributed by atoms with van der Waals surface area (Å²) < 4.78 is 19.8. The minimum Gasteiger partial charge on any atom is -0.458 e. The molecule has 0 saturated heterocycles. The van der Waals surface area contributed by atoms with Gasteiger partial charge in [-0.1, -0.05) is 31.9 Å². The molecule has 3 unspecified atom stereocenters. The van der Waals surface area contributed by atoms with Crippen molar-refractivity contribution >= 4 is 11.0 Å². The van der Waals surface area contributed by atoms with Crippen molar-refractivity contribution in [3.63, 3.8) is 0 Å². The molecular weight excluding hydrogens is 265 g/mol. The van der Waals surface area contributed by atoms with E-state index in [0.29, 0.717) is 17.4 Å². The van der Waals surface area contributed by atoms with E-state index in [1.54, 1.807) is 6.07 Å². The molecular formula is C18H24FNO. The monoisotopic (exact) mass is 289 g/mol. The van der Waals surface area contributed by atoms with Gasteiger partial charge in [-0.25, -0.2) is 4.39 Å². The third-order valence-electron chi connectivity index (χ3n) is 5.03. The maximum atomic E-state index is 13.8. The molecule has 2 nitrogen and oxygen atoms in total. The van der Waals surface area contributed by atoms with Gasteiger partial charge in [0.15, 0.2) is 11.4 Å². The second kappa shape index (κ2) is 6.18. The predicted molar refractivity (Wildman–Crippen MR) is 84.0 cm³/mol. The number of nitrogens with one attached hydrogen (secondary N) is 1. The molecule has 0 aliphatic heterocycles. The molecule has 1 aliphatic rings. The molecule has 1 saturated carbocycles. The molecule has 1 N–H and O–H groups in total. The first kappa shape index (κ1) is 14.6. The largest absolute Gasteiger partial charge is 0.458 e. The molecule has 1 aromatic carbocycles. The van der Waals surface area contributed by atoms with Crippen molar-refractivity contribution in [2.24, 2.45) is 11.8 Å². The van der Waals surface area contributed by atoms with Crippen LogP contribution < -0.4 is 5.32 Å². The van der Waals surface area contributed by atoms with Gasteiger partial charge in [0.1, 0.15) is 5.76 Å². The van der Waals surface area contributed by atoms with Crippen LogP contribution in [0.15, 0.2) is 28.7 Å². The number of hydrogen-bond donors (Lipinski definition) is 1. The zero-order valence-corrected chi connectivity index (χ0v) is 12.9. The molecule has 3 rings (SSSR count). The molecule has 2 aromatic rings. The van der Waals surface area contributed by atoms with Gasteiger partial charge in [-0.2, -0.15) is 0 Å². The molecule has 0 spiro atoms. The lowest BCUT2D eigenvalue weighted by atomic mass is 9.72. The molecule has 21 heavy (non-hydrogen) atoms. The number of halogens is 1. The Morgan fingerprint density at radius 3 is 2.90 bits per heavy atom. The van der Waals surface area contributed by atoms with E-state index in [2.05, 4.69) is 12.2 Å². The van der Waals surface area contributed by atoms with Crippen molar-refractivity contribution < 1.29 is 8.81 Å². The van der Waals surface area contributed by atoms with Crippen LogP contribution >= 0.6 is 0 Å². The highest BCUT2D eigenvalue weighted by Gasteiger charge is 2.32. The molecule has 1 fully saturated rings. The van der Waals surface area contributed by atoms with Gasteiger partial charge in [0.2, 0.25) is 0 Å². The van der Waals surface area contributed by atoms with Crippen LogP contribution in [0.25, 0.3) is 11.0 Å². The highest BCUT2D eigenvalue weighted by Crippen LogP contribution is 2.43. The highest BCUT2D eigenvalue weighted by atomic mass is 19.1. The zero-order valence-electron chi connectivity index (χ0n) is 12.9. The number of rotatable bonds is 4. The average molecular weight is 289 g/mol. The van der Waals surface area contributed by atoms with Gasteiger partial charge < -0.3 is 9.73 Å². The lowest BCUT2D eigenvalue weighted by Gasteiger charge is -2.34. The van der Waals surface area contributed by atoms with E-state index in [1.165, 1.54) is 25.3 Å². The highest BCUT2D eigenvalue weighted by molar-refractivity contribution is 5.78. The van der Waals surface area contributed by atoms with Crippen LogP contribution in [0.4, 0.5) is 4.39 Å². The first-order valence-corrected chi connectivity index (χ1v) is 8.05. The van der Waals surface area contributed by atoms with Crippen LogP contribution in [-0.4, -0.2) is 13.6 Å². The normalized spacial score (nSPS) is 26.3. The van der Waals surface area contributed by atoms with Crippen molar-refractivity contribution in [3.8, 4) is 0 Å². The number of hydrogen-bond acceptors (Lipinski definition) is 2. The Balaban J connectivity index is 1.94. The molecule has 0 amide bonds. The second-order valence-corrected chi connectivity index (χ2v) is 6.32. The van der Waals surface area contributed by atoms with Gasteiger partial charge in [0.05, 0.1) is 0 Å². The minimum atomic E-state index is -0.258. The van der Waals surface area contributed by atoms with Crippen LogP contribution in [-0.2, 0) is 0 Å². The van der Waals surface area contributed by atoms with Gasteiger partial charge in [-0.3, -0.25) is 0 Å². The minimum absolute atomic E-state index is 0.258. The third-order valence-corrected chi connectivity index (χ3v) is 5.03. The Kier molecular flexibility index (Phi) is 4.29. The topological polar surface area (TPSA) is 25.2 Å². The van der Waals surface area contributed by atoms with Crippen molar-refractivity contribution in [2.45, 2.75) is 38.5 Å². The average Bonchev–Trinajstić information content (AvgIpc) is 2.93. The first-order valence-electron chi connectivity index (χ1n) is 8.05. The summed E-state index contributed by atoms with van der Waals surface area (Å²) in [7, 11) is 2.00. The predicted octanol–water partition coefficient (Wildman–Crippen LogP) is 4.70. The number of furan rings is 1. The van der Waals surface area contributed by atoms with Crippen LogP contribution in [0.3, 0.4) is 0 Å². The smallest absolute Gasteiger partial charge is 0.169 e. The number of benzene rings is 1. The summed E-state index contributed by atoms with van der Waals surface area (Å²) in [6.45, 7) is 3.26. The molecule has 1 aliphatic carbocycles. The van der Waals surface area contributed by atoms with Crippen molar-refractivity contribution in [1.29, 1.82) is 0 Å². The molecule has 0 bridgehead atoms. The summed E-state index contributed by atoms with van der Waals surface area (Å²) in [4.78, 5) is 0. The zero-order chi connectivity index (χ0) is 14.8. The molecule has 1 aromatic heterocycles. The Labute approximate surface area is 125 Å². The Morgan fingerprint density at radius 1 is 1.33 bits per heavy atom. The van der Waals surface area contributed by atoms with Gasteiger partial charge in [-0.05, 0) is 50.4 Å². The van der Waals surface area contributed by atoms with E-state index >= 15 is 0 Å². The SMILES string of the molecule is CCC1CCC(CNC)C(c2cc3cccc(F)c3o2)C1. The lowest BCUT2D eigenvalue weighted by molar-refractivity contribution is 0.209. The quantitative estimate of drug-likeness (QED) is 0.882. The summed E-state index contributed by atoms with van der Waals surface area (Å²) in [6.07, 6.45) is 4.90. The van der Waals surface area contributed by atoms with E-state index in [0.717, 1.165) is 30.0 Å². The van der Waals surface area contributed by atoms with E-state index in [-0.39, 0.29) is 5.82 Å². The standard InChI is InChI=1S/C18H24FNO/c1-3-12-7-8-14(11-20-2)15(9-12)17-10-13-5-4-6-16(19)18(13)21-17/h4-6,10,12,14-15,20H,3,7-9,11H2,1-2H3. The summed E-state index contributed by atoms with van der Waals surface area (Å²) in [5.41, 5.74) is 0.411. The van der Waals surface area contributed by atoms with Crippen molar-refractivity contribution in [3.05, 3.63) is 35.8 Å². The second-order valence-electron chi connectivity index (χ2n) is 6.32. The van der Waals surface area contributed by atoms with Crippen LogP contribution in [0, 0.1) is 17.7 Å². The van der Waals surface area contributed by atoms with Gasteiger partial charge >= 0.3 is 0 Å². The summed E-state index contributed by atoms with van der Waals surface area (Å²) in [5.74, 6) is 2.46. The molecule has 3 atom stereocenters. The van der Waals surface area contributed by atoms with Crippen molar-refractivity contribution in [1.82, 2.24) is 5.32 Å². The first-order chi connectivity index (χ1) is 10.2. The number of fused-ring (bicyclic) bond motifs is 1. The fourth-order valence-electron chi connectivity index (χ4n) is 3.78. The molecule has 3 heteroatoms. The molecule has 114 valence electrons. The van der Waals surface area contributed by atoms with E-state index < -0.39 is 0 Å². The van der Waals surface area contributed by atoms with Gasteiger partial charge in [0, 0.05) is 11.3 Å². The Bertz CT molecular complexity index is 606.